The minimum absolute atomic E-state index is 0.0153. The second-order valence-electron chi connectivity index (χ2n) is 4.89. The number of nitrogens with two attached hydrogens (primary N) is 1. The topological polar surface area (TPSA) is 79.2 Å². The SMILES string of the molecule is CC(CC(=O)NN)Nc1ccc(Nc2ccccc2)cc1. The molecule has 2 aromatic carbocycles. The van der Waals surface area contributed by atoms with E-state index in [-0.39, 0.29) is 11.9 Å². The van der Waals surface area contributed by atoms with E-state index in [2.05, 4.69) is 16.1 Å². The maximum atomic E-state index is 11.2. The van der Waals surface area contributed by atoms with Crippen molar-refractivity contribution in [3.8, 4) is 0 Å². The second kappa shape index (κ2) is 7.31. The van der Waals surface area contributed by atoms with Crippen LogP contribution < -0.4 is 21.9 Å². The lowest BCUT2D eigenvalue weighted by atomic mass is 10.2. The number of amides is 1. The van der Waals surface area contributed by atoms with Gasteiger partial charge in [0.05, 0.1) is 0 Å². The molecule has 0 aliphatic rings. The van der Waals surface area contributed by atoms with E-state index in [1.165, 1.54) is 0 Å². The van der Waals surface area contributed by atoms with Crippen LogP contribution in [-0.2, 0) is 4.79 Å². The third kappa shape index (κ3) is 4.81. The van der Waals surface area contributed by atoms with Gasteiger partial charge in [-0.2, -0.15) is 0 Å². The molecule has 2 aromatic rings. The minimum atomic E-state index is -0.183. The molecular weight excluding hydrogens is 264 g/mol. The van der Waals surface area contributed by atoms with Gasteiger partial charge < -0.3 is 10.6 Å². The Morgan fingerprint density at radius 3 is 2.19 bits per heavy atom. The number of anilines is 3. The van der Waals surface area contributed by atoms with Gasteiger partial charge in [0.15, 0.2) is 0 Å². The van der Waals surface area contributed by atoms with Gasteiger partial charge in [-0.3, -0.25) is 10.2 Å². The maximum Gasteiger partial charge on any atom is 0.235 e. The van der Waals surface area contributed by atoms with Gasteiger partial charge >= 0.3 is 0 Å². The summed E-state index contributed by atoms with van der Waals surface area (Å²) < 4.78 is 0. The summed E-state index contributed by atoms with van der Waals surface area (Å²) in [4.78, 5) is 11.2. The van der Waals surface area contributed by atoms with Crippen LogP contribution in [0.2, 0.25) is 0 Å². The van der Waals surface area contributed by atoms with Crippen LogP contribution in [0.3, 0.4) is 0 Å². The van der Waals surface area contributed by atoms with Crippen molar-refractivity contribution in [1.82, 2.24) is 5.43 Å². The fourth-order valence-electron chi connectivity index (χ4n) is 2.01. The molecule has 21 heavy (non-hydrogen) atoms. The Balaban J connectivity index is 1.91. The molecule has 0 heterocycles. The molecular formula is C16H20N4O. The average molecular weight is 284 g/mol. The van der Waals surface area contributed by atoms with Crippen LogP contribution in [0.1, 0.15) is 13.3 Å². The lowest BCUT2D eigenvalue weighted by molar-refractivity contribution is -0.121. The van der Waals surface area contributed by atoms with E-state index in [9.17, 15) is 4.79 Å². The predicted molar refractivity (Wildman–Crippen MR) is 86.2 cm³/mol. The zero-order chi connectivity index (χ0) is 15.1. The highest BCUT2D eigenvalue weighted by Gasteiger charge is 2.07. The molecule has 0 fully saturated rings. The number of hydrogen-bond acceptors (Lipinski definition) is 4. The van der Waals surface area contributed by atoms with E-state index in [1.807, 2.05) is 61.5 Å². The molecule has 5 N–H and O–H groups in total. The van der Waals surface area contributed by atoms with Gasteiger partial charge in [0.1, 0.15) is 0 Å². The van der Waals surface area contributed by atoms with Gasteiger partial charge in [-0.05, 0) is 43.3 Å². The molecule has 110 valence electrons. The molecule has 2 rings (SSSR count). The number of hydrazine groups is 1. The Morgan fingerprint density at radius 2 is 1.57 bits per heavy atom. The van der Waals surface area contributed by atoms with Crippen LogP contribution in [0.5, 0.6) is 0 Å². The lowest BCUT2D eigenvalue weighted by Crippen LogP contribution is -2.34. The van der Waals surface area contributed by atoms with Crippen LogP contribution in [0.4, 0.5) is 17.1 Å². The molecule has 0 aromatic heterocycles. The van der Waals surface area contributed by atoms with Crippen LogP contribution >= 0.6 is 0 Å². The van der Waals surface area contributed by atoms with E-state index in [4.69, 9.17) is 5.84 Å². The van der Waals surface area contributed by atoms with Crippen molar-refractivity contribution < 1.29 is 4.79 Å². The Labute approximate surface area is 124 Å². The number of para-hydroxylation sites is 1. The first-order valence-corrected chi connectivity index (χ1v) is 6.85. The molecule has 0 bridgehead atoms. The van der Waals surface area contributed by atoms with Crippen LogP contribution in [0, 0.1) is 0 Å². The van der Waals surface area contributed by atoms with E-state index in [0.717, 1.165) is 17.1 Å². The molecule has 5 heteroatoms. The highest BCUT2D eigenvalue weighted by Crippen LogP contribution is 2.19. The van der Waals surface area contributed by atoms with Crippen molar-refractivity contribution in [2.45, 2.75) is 19.4 Å². The Bertz CT molecular complexity index is 569. The highest BCUT2D eigenvalue weighted by atomic mass is 16.2. The molecule has 0 saturated heterocycles. The van der Waals surface area contributed by atoms with Crippen molar-refractivity contribution in [2.75, 3.05) is 10.6 Å². The predicted octanol–water partition coefficient (Wildman–Crippen LogP) is 2.61. The molecule has 0 spiro atoms. The van der Waals surface area contributed by atoms with Crippen molar-refractivity contribution >= 4 is 23.0 Å². The summed E-state index contributed by atoms with van der Waals surface area (Å²) >= 11 is 0. The fourth-order valence-corrected chi connectivity index (χ4v) is 2.01. The van der Waals surface area contributed by atoms with Crippen LogP contribution in [-0.4, -0.2) is 11.9 Å². The van der Waals surface area contributed by atoms with E-state index >= 15 is 0 Å². The fraction of sp³-hybridized carbons (Fsp3) is 0.188. The summed E-state index contributed by atoms with van der Waals surface area (Å²) in [6.45, 7) is 1.94. The zero-order valence-corrected chi connectivity index (χ0v) is 12.0. The Morgan fingerprint density at radius 1 is 1.00 bits per heavy atom. The van der Waals surface area contributed by atoms with Gasteiger partial charge in [-0.15, -0.1) is 0 Å². The van der Waals surface area contributed by atoms with Crippen molar-refractivity contribution in [2.24, 2.45) is 5.84 Å². The summed E-state index contributed by atoms with van der Waals surface area (Å²) in [6.07, 6.45) is 0.334. The van der Waals surface area contributed by atoms with Gasteiger partial charge in [-0.25, -0.2) is 5.84 Å². The van der Waals surface area contributed by atoms with E-state index < -0.39 is 0 Å². The van der Waals surface area contributed by atoms with Gasteiger partial charge in [0.25, 0.3) is 0 Å². The third-order valence-electron chi connectivity index (χ3n) is 3.01. The molecule has 0 aliphatic heterocycles. The smallest absolute Gasteiger partial charge is 0.235 e. The summed E-state index contributed by atoms with van der Waals surface area (Å²) in [7, 11) is 0. The van der Waals surface area contributed by atoms with Crippen molar-refractivity contribution in [3.63, 3.8) is 0 Å². The van der Waals surface area contributed by atoms with Gasteiger partial charge in [0.2, 0.25) is 5.91 Å². The Kier molecular flexibility index (Phi) is 5.17. The number of carbonyl (C=O) groups excluding carboxylic acids is 1. The molecule has 5 nitrogen and oxygen atoms in total. The first kappa shape index (κ1) is 14.9. The standard InChI is InChI=1S/C16H20N4O/c1-12(11-16(21)20-17)18-14-7-9-15(10-8-14)19-13-5-3-2-4-6-13/h2-10,12,18-19H,11,17H2,1H3,(H,20,21). The summed E-state index contributed by atoms with van der Waals surface area (Å²) in [5.74, 6) is 4.89. The van der Waals surface area contributed by atoms with Gasteiger partial charge in [0, 0.05) is 29.5 Å². The molecule has 0 aliphatic carbocycles. The van der Waals surface area contributed by atoms with Crippen LogP contribution in [0.15, 0.2) is 54.6 Å². The van der Waals surface area contributed by atoms with E-state index in [1.54, 1.807) is 0 Å². The van der Waals surface area contributed by atoms with Gasteiger partial charge in [-0.1, -0.05) is 18.2 Å². The van der Waals surface area contributed by atoms with Crippen LogP contribution in [0.25, 0.3) is 0 Å². The largest absolute Gasteiger partial charge is 0.382 e. The summed E-state index contributed by atoms with van der Waals surface area (Å²) in [6, 6.07) is 17.9. The lowest BCUT2D eigenvalue weighted by Gasteiger charge is -2.15. The number of benzene rings is 2. The minimum Gasteiger partial charge on any atom is -0.382 e. The molecule has 1 amide bonds. The number of carbonyl (C=O) groups is 1. The van der Waals surface area contributed by atoms with Crippen molar-refractivity contribution in [3.05, 3.63) is 54.6 Å². The quantitative estimate of drug-likeness (QED) is 0.373. The number of hydrogen-bond donors (Lipinski definition) is 4. The first-order valence-electron chi connectivity index (χ1n) is 6.85. The third-order valence-corrected chi connectivity index (χ3v) is 3.01. The molecule has 1 atom stereocenters. The second-order valence-corrected chi connectivity index (χ2v) is 4.89. The molecule has 1 unspecified atom stereocenters. The number of nitrogens with one attached hydrogen (secondary N) is 3. The Hall–Kier alpha value is -2.53. The maximum absolute atomic E-state index is 11.2. The molecule has 0 radical (unpaired) electrons. The van der Waals surface area contributed by atoms with E-state index in [0.29, 0.717) is 6.42 Å². The first-order chi connectivity index (χ1) is 10.2. The average Bonchev–Trinajstić information content (AvgIpc) is 2.50. The monoisotopic (exact) mass is 284 g/mol. The zero-order valence-electron chi connectivity index (χ0n) is 12.0. The van der Waals surface area contributed by atoms with Crippen molar-refractivity contribution in [1.29, 1.82) is 0 Å². The summed E-state index contributed by atoms with van der Waals surface area (Å²) in [5, 5.41) is 6.57. The summed E-state index contributed by atoms with van der Waals surface area (Å²) in [5.41, 5.74) is 5.15. The highest BCUT2D eigenvalue weighted by molar-refractivity contribution is 5.76. The molecule has 0 saturated carbocycles. The number of rotatable bonds is 6. The normalized spacial score (nSPS) is 11.5.